The van der Waals surface area contributed by atoms with Crippen LogP contribution in [-0.4, -0.2) is 12.9 Å². The second-order valence-corrected chi connectivity index (χ2v) is 4.80. The summed E-state index contributed by atoms with van der Waals surface area (Å²) in [6.45, 7) is 1.08. The van der Waals surface area contributed by atoms with Gasteiger partial charge in [-0.05, 0) is 23.8 Å². The van der Waals surface area contributed by atoms with Gasteiger partial charge in [0.2, 0.25) is 0 Å². The topological polar surface area (TPSA) is 36.3 Å². The van der Waals surface area contributed by atoms with Crippen LogP contribution in [0.3, 0.4) is 0 Å². The summed E-state index contributed by atoms with van der Waals surface area (Å²) >= 11 is 0. The van der Waals surface area contributed by atoms with Gasteiger partial charge in [0.25, 0.3) is 0 Å². The van der Waals surface area contributed by atoms with E-state index < -0.39 is 0 Å². The molecule has 1 aliphatic heterocycles. The fraction of sp³-hybridized carbons (Fsp3) is 0.188. The molecule has 0 atom stereocenters. The van der Waals surface area contributed by atoms with Gasteiger partial charge in [-0.1, -0.05) is 24.3 Å². The highest BCUT2D eigenvalue weighted by molar-refractivity contribution is 6.12. The van der Waals surface area contributed by atoms with Crippen LogP contribution in [0, 0.1) is 11.2 Å². The van der Waals surface area contributed by atoms with Crippen molar-refractivity contribution in [1.29, 1.82) is 5.41 Å². The minimum Gasteiger partial charge on any atom is -0.380 e. The molecule has 1 aliphatic rings. The average Bonchev–Trinajstić information content (AvgIpc) is 2.77. The van der Waals surface area contributed by atoms with Crippen LogP contribution in [0.15, 0.2) is 42.5 Å². The first-order chi connectivity index (χ1) is 9.70. The molecule has 0 bridgehead atoms. The molecule has 0 fully saturated rings. The highest BCUT2D eigenvalue weighted by Gasteiger charge is 2.26. The molecule has 0 amide bonds. The molecule has 0 aromatic heterocycles. The molecule has 4 heteroatoms. The molecule has 1 heterocycles. The van der Waals surface area contributed by atoms with Crippen molar-refractivity contribution in [2.45, 2.75) is 13.2 Å². The second kappa shape index (κ2) is 5.06. The Kier molecular flexibility index (Phi) is 3.24. The lowest BCUT2D eigenvalue weighted by atomic mass is 10.1. The van der Waals surface area contributed by atoms with Crippen molar-refractivity contribution in [2.75, 3.05) is 12.0 Å². The first-order valence-electron chi connectivity index (χ1n) is 6.42. The van der Waals surface area contributed by atoms with Gasteiger partial charge in [-0.15, -0.1) is 0 Å². The Hall–Kier alpha value is -2.20. The third-order valence-electron chi connectivity index (χ3n) is 3.51. The van der Waals surface area contributed by atoms with Gasteiger partial charge in [-0.2, -0.15) is 0 Å². The zero-order valence-electron chi connectivity index (χ0n) is 11.2. The Balaban J connectivity index is 2.00. The number of hydrogen-bond donors (Lipinski definition) is 1. The summed E-state index contributed by atoms with van der Waals surface area (Å²) in [5, 5.41) is 8.27. The number of halogens is 1. The minimum atomic E-state index is -0.305. The van der Waals surface area contributed by atoms with E-state index in [2.05, 4.69) is 0 Å². The van der Waals surface area contributed by atoms with Crippen molar-refractivity contribution in [3.63, 3.8) is 0 Å². The predicted octanol–water partition coefficient (Wildman–Crippen LogP) is 3.32. The average molecular weight is 270 g/mol. The van der Waals surface area contributed by atoms with E-state index in [0.717, 1.165) is 16.8 Å². The van der Waals surface area contributed by atoms with Crippen molar-refractivity contribution >= 4 is 11.5 Å². The number of para-hydroxylation sites is 1. The SMILES string of the molecule is COCc1ccccc1N1Cc2ccc(F)cc2C1=N. The summed E-state index contributed by atoms with van der Waals surface area (Å²) in [6.07, 6.45) is 0. The monoisotopic (exact) mass is 270 g/mol. The number of rotatable bonds is 3. The summed E-state index contributed by atoms with van der Waals surface area (Å²) in [5.41, 5.74) is 3.60. The van der Waals surface area contributed by atoms with E-state index in [1.54, 1.807) is 13.2 Å². The van der Waals surface area contributed by atoms with Crippen LogP contribution in [-0.2, 0) is 17.9 Å². The van der Waals surface area contributed by atoms with E-state index in [9.17, 15) is 4.39 Å². The molecule has 102 valence electrons. The van der Waals surface area contributed by atoms with E-state index in [1.165, 1.54) is 12.1 Å². The lowest BCUT2D eigenvalue weighted by molar-refractivity contribution is 0.185. The van der Waals surface area contributed by atoms with Crippen LogP contribution >= 0.6 is 0 Å². The molecule has 0 saturated carbocycles. The first-order valence-corrected chi connectivity index (χ1v) is 6.42. The molecule has 2 aromatic rings. The fourth-order valence-corrected chi connectivity index (χ4v) is 2.56. The van der Waals surface area contributed by atoms with Crippen LogP contribution in [0.5, 0.6) is 0 Å². The molecule has 3 nitrogen and oxygen atoms in total. The molecule has 0 unspecified atom stereocenters. The normalized spacial score (nSPS) is 13.7. The van der Waals surface area contributed by atoms with Gasteiger partial charge in [-0.3, -0.25) is 5.41 Å². The number of benzene rings is 2. The molecule has 20 heavy (non-hydrogen) atoms. The van der Waals surface area contributed by atoms with E-state index in [-0.39, 0.29) is 5.82 Å². The maximum atomic E-state index is 13.3. The second-order valence-electron chi connectivity index (χ2n) is 4.80. The highest BCUT2D eigenvalue weighted by Crippen LogP contribution is 2.31. The minimum absolute atomic E-state index is 0.305. The third kappa shape index (κ3) is 2.08. The standard InChI is InChI=1S/C16H15FN2O/c1-20-10-12-4-2-3-5-15(12)19-9-11-6-7-13(17)8-14(11)16(19)18/h2-8,18H,9-10H2,1H3. The van der Waals surface area contributed by atoms with Crippen LogP contribution in [0.4, 0.5) is 10.1 Å². The lowest BCUT2D eigenvalue weighted by Gasteiger charge is -2.21. The Morgan fingerprint density at radius 3 is 2.85 bits per heavy atom. The predicted molar refractivity (Wildman–Crippen MR) is 76.6 cm³/mol. The highest BCUT2D eigenvalue weighted by atomic mass is 19.1. The molecule has 2 aromatic carbocycles. The molecule has 1 N–H and O–H groups in total. The Labute approximate surface area is 117 Å². The summed E-state index contributed by atoms with van der Waals surface area (Å²) in [7, 11) is 1.65. The number of methoxy groups -OCH3 is 1. The number of anilines is 1. The quantitative estimate of drug-likeness (QED) is 0.928. The zero-order chi connectivity index (χ0) is 14.1. The van der Waals surface area contributed by atoms with Crippen LogP contribution in [0.25, 0.3) is 0 Å². The summed E-state index contributed by atoms with van der Waals surface area (Å²) < 4.78 is 18.5. The van der Waals surface area contributed by atoms with Gasteiger partial charge in [0.05, 0.1) is 13.2 Å². The van der Waals surface area contributed by atoms with Gasteiger partial charge in [-0.25, -0.2) is 4.39 Å². The number of amidine groups is 1. The molecule has 0 aliphatic carbocycles. The Bertz CT molecular complexity index is 669. The Morgan fingerprint density at radius 1 is 1.25 bits per heavy atom. The van der Waals surface area contributed by atoms with Gasteiger partial charge >= 0.3 is 0 Å². The van der Waals surface area contributed by atoms with E-state index in [4.69, 9.17) is 10.1 Å². The van der Waals surface area contributed by atoms with Crippen molar-refractivity contribution in [3.05, 3.63) is 65.0 Å². The van der Waals surface area contributed by atoms with E-state index in [0.29, 0.717) is 24.6 Å². The van der Waals surface area contributed by atoms with Gasteiger partial charge < -0.3 is 9.64 Å². The zero-order valence-corrected chi connectivity index (χ0v) is 11.2. The summed E-state index contributed by atoms with van der Waals surface area (Å²) in [4.78, 5) is 1.89. The number of ether oxygens (including phenoxy) is 1. The van der Waals surface area contributed by atoms with E-state index >= 15 is 0 Å². The van der Waals surface area contributed by atoms with Crippen molar-refractivity contribution in [3.8, 4) is 0 Å². The smallest absolute Gasteiger partial charge is 0.133 e. The number of nitrogens with one attached hydrogen (secondary N) is 1. The lowest BCUT2D eigenvalue weighted by Crippen LogP contribution is -2.24. The molecular weight excluding hydrogens is 255 g/mol. The third-order valence-corrected chi connectivity index (χ3v) is 3.51. The van der Waals surface area contributed by atoms with Crippen molar-refractivity contribution in [2.24, 2.45) is 0 Å². The first kappa shape index (κ1) is 12.8. The van der Waals surface area contributed by atoms with Gasteiger partial charge in [0, 0.05) is 23.9 Å². The fourth-order valence-electron chi connectivity index (χ4n) is 2.56. The summed E-state index contributed by atoms with van der Waals surface area (Å²) in [5.74, 6) is 0.0311. The van der Waals surface area contributed by atoms with Crippen molar-refractivity contribution < 1.29 is 9.13 Å². The molecule has 0 radical (unpaired) electrons. The van der Waals surface area contributed by atoms with Gasteiger partial charge in [0.15, 0.2) is 0 Å². The summed E-state index contributed by atoms with van der Waals surface area (Å²) in [6, 6.07) is 12.4. The largest absolute Gasteiger partial charge is 0.380 e. The number of nitrogens with zero attached hydrogens (tertiary/aromatic N) is 1. The molecule has 0 saturated heterocycles. The van der Waals surface area contributed by atoms with Crippen molar-refractivity contribution in [1.82, 2.24) is 0 Å². The maximum Gasteiger partial charge on any atom is 0.133 e. The van der Waals surface area contributed by atoms with E-state index in [1.807, 2.05) is 29.2 Å². The maximum absolute atomic E-state index is 13.3. The van der Waals surface area contributed by atoms with Crippen LogP contribution in [0.1, 0.15) is 16.7 Å². The molecule has 3 rings (SSSR count). The van der Waals surface area contributed by atoms with Crippen LogP contribution < -0.4 is 4.90 Å². The van der Waals surface area contributed by atoms with Crippen LogP contribution in [0.2, 0.25) is 0 Å². The molecular formula is C16H15FN2O. The Morgan fingerprint density at radius 2 is 2.05 bits per heavy atom. The van der Waals surface area contributed by atoms with Gasteiger partial charge in [0.1, 0.15) is 11.7 Å². The number of hydrogen-bond acceptors (Lipinski definition) is 2. The molecule has 0 spiro atoms. The number of fused-ring (bicyclic) bond motifs is 1.